The van der Waals surface area contributed by atoms with Gasteiger partial charge < -0.3 is 10.6 Å². The monoisotopic (exact) mass is 479 g/mol. The van der Waals surface area contributed by atoms with Gasteiger partial charge in [-0.05, 0) is 42.1 Å². The summed E-state index contributed by atoms with van der Waals surface area (Å²) in [7, 11) is 0. The minimum atomic E-state index is -4.48. The fourth-order valence-electron chi connectivity index (χ4n) is 2.71. The van der Waals surface area contributed by atoms with Gasteiger partial charge in [0.05, 0.1) is 10.4 Å². The number of nitrogens with zero attached hydrogens (tertiary/aromatic N) is 2. The van der Waals surface area contributed by atoms with Crippen LogP contribution in [0.2, 0.25) is 0 Å². The van der Waals surface area contributed by atoms with Crippen molar-refractivity contribution in [2.24, 2.45) is 4.99 Å². The number of aromatic nitrogens is 1. The molecule has 1 aromatic carbocycles. The SMILES string of the molecule is C=C/N=C(/NCCc1cnc(NC(=O)Nc2cccc(C(F)(F)F)c2)s1)c1sccc1C. The number of aryl methyl sites for hydroxylation is 1. The molecule has 0 saturated heterocycles. The zero-order chi connectivity index (χ0) is 23.1. The number of urea groups is 1. The van der Waals surface area contributed by atoms with Crippen molar-refractivity contribution < 1.29 is 18.0 Å². The first-order valence-electron chi connectivity index (χ1n) is 9.43. The van der Waals surface area contributed by atoms with E-state index < -0.39 is 17.8 Å². The van der Waals surface area contributed by atoms with Crippen LogP contribution < -0.4 is 16.0 Å². The van der Waals surface area contributed by atoms with Gasteiger partial charge in [0.15, 0.2) is 5.13 Å². The summed E-state index contributed by atoms with van der Waals surface area (Å²) in [5, 5.41) is 10.6. The third kappa shape index (κ3) is 6.41. The summed E-state index contributed by atoms with van der Waals surface area (Å²) in [4.78, 5) is 22.5. The molecule has 3 rings (SSSR count). The lowest BCUT2D eigenvalue weighted by molar-refractivity contribution is -0.137. The molecular formula is C21H20F3N5OS2. The first-order valence-corrected chi connectivity index (χ1v) is 11.1. The number of halogens is 3. The standard InChI is InChI=1S/C21H20F3N5OS2/c1-3-25-18(17-13(2)8-10-31-17)26-9-7-16-12-27-20(32-16)29-19(30)28-15-6-4-5-14(11-15)21(22,23)24/h3-6,8,10-12H,1,7,9H2,2H3,(H,25,26)(H2,27,28,29,30). The number of thiophene rings is 1. The number of hydrogen-bond donors (Lipinski definition) is 3. The molecule has 0 saturated carbocycles. The van der Waals surface area contributed by atoms with Gasteiger partial charge in [-0.3, -0.25) is 5.32 Å². The zero-order valence-electron chi connectivity index (χ0n) is 17.0. The van der Waals surface area contributed by atoms with Gasteiger partial charge >= 0.3 is 12.2 Å². The van der Waals surface area contributed by atoms with Crippen molar-refractivity contribution in [1.29, 1.82) is 0 Å². The molecule has 0 atom stereocenters. The van der Waals surface area contributed by atoms with E-state index in [0.717, 1.165) is 33.3 Å². The van der Waals surface area contributed by atoms with Crippen molar-refractivity contribution >= 4 is 45.4 Å². The molecule has 6 nitrogen and oxygen atoms in total. The van der Waals surface area contributed by atoms with Crippen molar-refractivity contribution in [3.05, 3.63) is 75.6 Å². The van der Waals surface area contributed by atoms with Crippen LogP contribution in [0.3, 0.4) is 0 Å². The lowest BCUT2D eigenvalue weighted by Crippen LogP contribution is -2.26. The van der Waals surface area contributed by atoms with Gasteiger partial charge in [-0.15, -0.1) is 22.7 Å². The Morgan fingerprint density at radius 3 is 2.78 bits per heavy atom. The maximum atomic E-state index is 12.8. The molecule has 168 valence electrons. The predicted octanol–water partition coefficient (Wildman–Crippen LogP) is 5.90. The number of thiazole rings is 1. The summed E-state index contributed by atoms with van der Waals surface area (Å²) in [6.07, 6.45) is -0.702. The van der Waals surface area contributed by atoms with Crippen molar-refractivity contribution in [2.45, 2.75) is 19.5 Å². The molecule has 0 aliphatic carbocycles. The van der Waals surface area contributed by atoms with Gasteiger partial charge in [0.1, 0.15) is 5.84 Å². The van der Waals surface area contributed by atoms with Crippen LogP contribution in [-0.2, 0) is 12.6 Å². The predicted molar refractivity (Wildman–Crippen MR) is 124 cm³/mol. The molecule has 0 spiro atoms. The Kier molecular flexibility index (Phi) is 7.65. The Balaban J connectivity index is 1.52. The fourth-order valence-corrected chi connectivity index (χ4v) is 4.41. The lowest BCUT2D eigenvalue weighted by Gasteiger charge is -2.09. The van der Waals surface area contributed by atoms with E-state index in [1.807, 2.05) is 18.4 Å². The second-order valence-corrected chi connectivity index (χ2v) is 8.59. The molecular weight excluding hydrogens is 459 g/mol. The van der Waals surface area contributed by atoms with E-state index in [-0.39, 0.29) is 5.69 Å². The molecule has 0 fully saturated rings. The third-order valence-corrected chi connectivity index (χ3v) is 6.18. The fraction of sp³-hybridized carbons (Fsp3) is 0.190. The largest absolute Gasteiger partial charge is 0.416 e. The number of amidine groups is 1. The van der Waals surface area contributed by atoms with Gasteiger partial charge in [0.2, 0.25) is 0 Å². The second kappa shape index (κ2) is 10.4. The number of nitrogens with one attached hydrogen (secondary N) is 3. The van der Waals surface area contributed by atoms with Gasteiger partial charge in [-0.1, -0.05) is 12.6 Å². The van der Waals surface area contributed by atoms with Crippen LogP contribution in [0.4, 0.5) is 28.8 Å². The Labute approximate surface area is 190 Å². The molecule has 2 aromatic heterocycles. The molecule has 0 bridgehead atoms. The molecule has 0 aliphatic rings. The normalized spacial score (nSPS) is 11.8. The van der Waals surface area contributed by atoms with Crippen molar-refractivity contribution in [1.82, 2.24) is 10.3 Å². The van der Waals surface area contributed by atoms with E-state index >= 15 is 0 Å². The van der Waals surface area contributed by atoms with Crippen LogP contribution in [0, 0.1) is 6.92 Å². The van der Waals surface area contributed by atoms with Crippen LogP contribution in [0.25, 0.3) is 0 Å². The van der Waals surface area contributed by atoms with E-state index in [1.165, 1.54) is 29.7 Å². The number of carbonyl (C=O) groups excluding carboxylic acids is 1. The average Bonchev–Trinajstić information content (AvgIpc) is 3.35. The van der Waals surface area contributed by atoms with Gasteiger partial charge in [-0.25, -0.2) is 14.8 Å². The van der Waals surface area contributed by atoms with E-state index in [9.17, 15) is 18.0 Å². The van der Waals surface area contributed by atoms with Gasteiger partial charge in [0, 0.05) is 35.9 Å². The number of alkyl halides is 3. The number of benzene rings is 1. The lowest BCUT2D eigenvalue weighted by atomic mass is 10.2. The maximum Gasteiger partial charge on any atom is 0.416 e. The Morgan fingerprint density at radius 1 is 1.28 bits per heavy atom. The number of amides is 2. The molecule has 32 heavy (non-hydrogen) atoms. The van der Waals surface area contributed by atoms with E-state index in [1.54, 1.807) is 17.5 Å². The zero-order valence-corrected chi connectivity index (χ0v) is 18.6. The molecule has 0 unspecified atom stereocenters. The Morgan fingerprint density at radius 2 is 2.09 bits per heavy atom. The van der Waals surface area contributed by atoms with Crippen LogP contribution in [0.15, 0.2) is 59.7 Å². The van der Waals surface area contributed by atoms with Crippen molar-refractivity contribution in [3.63, 3.8) is 0 Å². The summed E-state index contributed by atoms with van der Waals surface area (Å²) in [6.45, 7) is 6.26. The summed E-state index contributed by atoms with van der Waals surface area (Å²) in [6, 6.07) is 5.77. The number of aliphatic imine (C=N–C) groups is 1. The van der Waals surface area contributed by atoms with Crippen LogP contribution in [-0.4, -0.2) is 23.4 Å². The highest BCUT2D eigenvalue weighted by atomic mass is 32.1. The average molecular weight is 480 g/mol. The van der Waals surface area contributed by atoms with Crippen LogP contribution >= 0.6 is 22.7 Å². The van der Waals surface area contributed by atoms with Crippen molar-refractivity contribution in [3.8, 4) is 0 Å². The highest BCUT2D eigenvalue weighted by Gasteiger charge is 2.30. The number of hydrogen-bond acceptors (Lipinski definition) is 5. The van der Waals surface area contributed by atoms with E-state index in [2.05, 4.69) is 32.5 Å². The first-order chi connectivity index (χ1) is 15.3. The summed E-state index contributed by atoms with van der Waals surface area (Å²) >= 11 is 2.87. The second-order valence-electron chi connectivity index (χ2n) is 6.56. The molecule has 2 amide bonds. The molecule has 11 heteroatoms. The summed E-state index contributed by atoms with van der Waals surface area (Å²) in [5.41, 5.74) is 0.326. The minimum Gasteiger partial charge on any atom is -0.369 e. The highest BCUT2D eigenvalue weighted by molar-refractivity contribution is 7.15. The number of carbonyl (C=O) groups is 1. The Bertz CT molecular complexity index is 1120. The van der Waals surface area contributed by atoms with Gasteiger partial charge in [-0.2, -0.15) is 13.2 Å². The molecule has 3 aromatic rings. The van der Waals surface area contributed by atoms with E-state index in [0.29, 0.717) is 18.1 Å². The molecule has 2 heterocycles. The first kappa shape index (κ1) is 23.5. The smallest absolute Gasteiger partial charge is 0.369 e. The quantitative estimate of drug-likeness (QED) is 0.292. The summed E-state index contributed by atoms with van der Waals surface area (Å²) < 4.78 is 38.4. The molecule has 0 aliphatic heterocycles. The maximum absolute atomic E-state index is 12.8. The minimum absolute atomic E-state index is 0.0382. The Hall–Kier alpha value is -3.18. The van der Waals surface area contributed by atoms with Gasteiger partial charge in [0.25, 0.3) is 0 Å². The van der Waals surface area contributed by atoms with Crippen molar-refractivity contribution in [2.75, 3.05) is 17.2 Å². The topological polar surface area (TPSA) is 78.4 Å². The third-order valence-electron chi connectivity index (χ3n) is 4.18. The molecule has 0 radical (unpaired) electrons. The number of rotatable bonds is 7. The van der Waals surface area contributed by atoms with E-state index in [4.69, 9.17) is 0 Å². The highest BCUT2D eigenvalue weighted by Crippen LogP contribution is 2.30. The molecule has 3 N–H and O–H groups in total. The summed E-state index contributed by atoms with van der Waals surface area (Å²) in [5.74, 6) is 0.746. The van der Waals surface area contributed by atoms with Crippen LogP contribution in [0.5, 0.6) is 0 Å². The number of anilines is 2. The van der Waals surface area contributed by atoms with Crippen LogP contribution in [0.1, 0.15) is 20.9 Å².